The molecule has 10 heteroatoms. The number of rotatable bonds is 5. The van der Waals surface area contributed by atoms with Crippen molar-refractivity contribution < 1.29 is 10.1 Å². The monoisotopic (exact) mass is 485 g/mol. The van der Waals surface area contributed by atoms with Gasteiger partial charge < -0.3 is 10.5 Å². The number of oxime groups is 1. The maximum atomic E-state index is 11.2. The highest BCUT2D eigenvalue weighted by molar-refractivity contribution is 9.10. The average molecular weight is 487 g/mol. The molecule has 0 amide bonds. The molecule has 0 aliphatic heterocycles. The van der Waals surface area contributed by atoms with Gasteiger partial charge in [-0.2, -0.15) is 0 Å². The topological polar surface area (TPSA) is 87.8 Å². The first-order chi connectivity index (χ1) is 12.9. The van der Waals surface area contributed by atoms with Crippen LogP contribution in [0.15, 0.2) is 57.5 Å². The number of halogens is 3. The molecule has 6 nitrogen and oxygen atoms in total. The molecular formula is C17H10BrCl2N3O3S. The molecule has 0 saturated heterocycles. The summed E-state index contributed by atoms with van der Waals surface area (Å²) in [5, 5.41) is 29.5. The summed E-state index contributed by atoms with van der Waals surface area (Å²) in [5.74, 6) is 0. The van der Waals surface area contributed by atoms with Crippen LogP contribution in [-0.2, 0) is 0 Å². The molecule has 0 saturated carbocycles. The van der Waals surface area contributed by atoms with Crippen molar-refractivity contribution in [2.24, 2.45) is 5.16 Å². The van der Waals surface area contributed by atoms with Crippen LogP contribution >= 0.6 is 50.5 Å². The van der Waals surface area contributed by atoms with E-state index in [1.165, 1.54) is 17.4 Å². The van der Waals surface area contributed by atoms with E-state index in [9.17, 15) is 15.3 Å². The second-order valence-electron chi connectivity index (χ2n) is 5.28. The molecule has 138 valence electrons. The number of benzene rings is 2. The predicted molar refractivity (Wildman–Crippen MR) is 112 cm³/mol. The third kappa shape index (κ3) is 4.24. The number of nitro groups is 1. The molecule has 0 bridgehead atoms. The highest BCUT2D eigenvalue weighted by atomic mass is 79.9. The summed E-state index contributed by atoms with van der Waals surface area (Å²) in [4.78, 5) is 11.4. The standard InChI is InChI=1S/C17H10BrCl2N3O3S/c18-9-1-4-14(15(7-9)23(25)26)21-10-2-3-11(13(20)8-10)16(22-24)17-12(19)5-6-27-17/h1-8,21,24H. The molecule has 0 unspecified atom stereocenters. The van der Waals surface area contributed by atoms with Crippen LogP contribution in [-0.4, -0.2) is 15.8 Å². The molecule has 1 heterocycles. The van der Waals surface area contributed by atoms with Crippen molar-refractivity contribution in [3.05, 3.63) is 82.9 Å². The van der Waals surface area contributed by atoms with Crippen LogP contribution in [0.2, 0.25) is 10.0 Å². The minimum absolute atomic E-state index is 0.0763. The SMILES string of the molecule is O=[N+]([O-])c1cc(Br)ccc1Nc1ccc(C(=NO)c2sccc2Cl)c(Cl)c1. The fourth-order valence-electron chi connectivity index (χ4n) is 2.39. The predicted octanol–water partition coefficient (Wildman–Crippen LogP) is 6.70. The molecule has 0 fully saturated rings. The summed E-state index contributed by atoms with van der Waals surface area (Å²) in [6.07, 6.45) is 0. The van der Waals surface area contributed by atoms with E-state index in [2.05, 4.69) is 26.4 Å². The van der Waals surface area contributed by atoms with Crippen LogP contribution in [0.1, 0.15) is 10.4 Å². The number of nitro benzene ring substituents is 1. The van der Waals surface area contributed by atoms with Gasteiger partial charge in [0.15, 0.2) is 0 Å². The molecule has 0 aliphatic carbocycles. The smallest absolute Gasteiger partial charge is 0.293 e. The maximum Gasteiger partial charge on any atom is 0.293 e. The number of thiophene rings is 1. The van der Waals surface area contributed by atoms with Crippen molar-refractivity contribution in [3.63, 3.8) is 0 Å². The molecule has 3 rings (SSSR count). The summed E-state index contributed by atoms with van der Waals surface area (Å²) in [5.41, 5.74) is 1.53. The Bertz CT molecular complexity index is 1060. The number of nitrogens with zero attached hydrogens (tertiary/aromatic N) is 2. The van der Waals surface area contributed by atoms with Crippen LogP contribution in [0.4, 0.5) is 17.1 Å². The summed E-state index contributed by atoms with van der Waals surface area (Å²) in [6.45, 7) is 0. The number of hydrogen-bond acceptors (Lipinski definition) is 6. The normalized spacial score (nSPS) is 11.4. The Kier molecular flexibility index (Phi) is 6.01. The van der Waals surface area contributed by atoms with Crippen LogP contribution in [0.25, 0.3) is 0 Å². The van der Waals surface area contributed by atoms with Crippen molar-refractivity contribution in [1.82, 2.24) is 0 Å². The molecule has 0 radical (unpaired) electrons. The Labute approximate surface area is 176 Å². The number of hydrogen-bond donors (Lipinski definition) is 2. The van der Waals surface area contributed by atoms with Gasteiger partial charge in [0.2, 0.25) is 0 Å². The molecule has 3 aromatic rings. The van der Waals surface area contributed by atoms with Gasteiger partial charge in [-0.3, -0.25) is 10.1 Å². The van der Waals surface area contributed by atoms with Crippen molar-refractivity contribution in [1.29, 1.82) is 0 Å². The van der Waals surface area contributed by atoms with Crippen LogP contribution in [0, 0.1) is 10.1 Å². The molecule has 27 heavy (non-hydrogen) atoms. The molecule has 1 aromatic heterocycles. The van der Waals surface area contributed by atoms with E-state index in [4.69, 9.17) is 23.2 Å². The largest absolute Gasteiger partial charge is 0.410 e. The minimum Gasteiger partial charge on any atom is -0.410 e. The van der Waals surface area contributed by atoms with Gasteiger partial charge in [-0.05, 0) is 41.8 Å². The minimum atomic E-state index is -0.474. The molecule has 0 spiro atoms. The Morgan fingerprint density at radius 3 is 2.56 bits per heavy atom. The molecule has 2 N–H and O–H groups in total. The zero-order valence-corrected chi connectivity index (χ0v) is 17.2. The van der Waals surface area contributed by atoms with Gasteiger partial charge in [0, 0.05) is 21.8 Å². The Balaban J connectivity index is 1.94. The van der Waals surface area contributed by atoms with Crippen LogP contribution < -0.4 is 5.32 Å². The van der Waals surface area contributed by atoms with Crippen LogP contribution in [0.5, 0.6) is 0 Å². The average Bonchev–Trinajstić information content (AvgIpc) is 3.04. The van der Waals surface area contributed by atoms with Crippen molar-refractivity contribution in [2.75, 3.05) is 5.32 Å². The van der Waals surface area contributed by atoms with Crippen molar-refractivity contribution >= 4 is 73.2 Å². The van der Waals surface area contributed by atoms with Gasteiger partial charge in [-0.1, -0.05) is 44.3 Å². The molecule has 0 aliphatic rings. The first-order valence-corrected chi connectivity index (χ1v) is 9.80. The van der Waals surface area contributed by atoms with Gasteiger partial charge in [-0.25, -0.2) is 0 Å². The second-order valence-corrected chi connectivity index (χ2v) is 7.93. The van der Waals surface area contributed by atoms with E-state index in [0.717, 1.165) is 0 Å². The first kappa shape index (κ1) is 19.6. The van der Waals surface area contributed by atoms with E-state index in [0.29, 0.717) is 36.3 Å². The fourth-order valence-corrected chi connectivity index (χ4v) is 4.15. The summed E-state index contributed by atoms with van der Waals surface area (Å²) >= 11 is 17.0. The summed E-state index contributed by atoms with van der Waals surface area (Å²) < 4.78 is 0.602. The lowest BCUT2D eigenvalue weighted by molar-refractivity contribution is -0.384. The van der Waals surface area contributed by atoms with Crippen molar-refractivity contribution in [2.45, 2.75) is 0 Å². The van der Waals surface area contributed by atoms with Gasteiger partial charge in [-0.15, -0.1) is 11.3 Å². The zero-order valence-electron chi connectivity index (χ0n) is 13.3. The summed E-state index contributed by atoms with van der Waals surface area (Å²) in [7, 11) is 0. The van der Waals surface area contributed by atoms with Gasteiger partial charge in [0.25, 0.3) is 5.69 Å². The van der Waals surface area contributed by atoms with E-state index in [-0.39, 0.29) is 11.4 Å². The van der Waals surface area contributed by atoms with Gasteiger partial charge >= 0.3 is 0 Å². The lowest BCUT2D eigenvalue weighted by Crippen LogP contribution is -2.03. The first-order valence-electron chi connectivity index (χ1n) is 7.37. The quantitative estimate of drug-likeness (QED) is 0.182. The molecular weight excluding hydrogens is 477 g/mol. The second kappa shape index (κ2) is 8.26. The summed E-state index contributed by atoms with van der Waals surface area (Å²) in [6, 6.07) is 11.3. The third-order valence-electron chi connectivity index (χ3n) is 3.59. The molecule has 0 atom stereocenters. The zero-order chi connectivity index (χ0) is 19.6. The lowest BCUT2D eigenvalue weighted by Gasteiger charge is -2.11. The fraction of sp³-hybridized carbons (Fsp3) is 0. The van der Waals surface area contributed by atoms with Crippen LogP contribution in [0.3, 0.4) is 0 Å². The number of nitrogens with one attached hydrogen (secondary N) is 1. The highest BCUT2D eigenvalue weighted by Gasteiger charge is 2.18. The lowest BCUT2D eigenvalue weighted by atomic mass is 10.1. The van der Waals surface area contributed by atoms with E-state index < -0.39 is 4.92 Å². The van der Waals surface area contributed by atoms with Gasteiger partial charge in [0.05, 0.1) is 19.8 Å². The van der Waals surface area contributed by atoms with E-state index >= 15 is 0 Å². The third-order valence-corrected chi connectivity index (χ3v) is 5.75. The van der Waals surface area contributed by atoms with E-state index in [1.807, 2.05) is 0 Å². The Hall–Kier alpha value is -2.13. The maximum absolute atomic E-state index is 11.2. The Morgan fingerprint density at radius 1 is 1.19 bits per heavy atom. The number of anilines is 2. The van der Waals surface area contributed by atoms with E-state index in [1.54, 1.807) is 41.8 Å². The highest BCUT2D eigenvalue weighted by Crippen LogP contribution is 2.33. The molecule has 2 aromatic carbocycles. The van der Waals surface area contributed by atoms with Crippen molar-refractivity contribution in [3.8, 4) is 0 Å². The van der Waals surface area contributed by atoms with Gasteiger partial charge in [0.1, 0.15) is 11.4 Å². The Morgan fingerprint density at radius 2 is 1.96 bits per heavy atom.